The van der Waals surface area contributed by atoms with Gasteiger partial charge in [0.05, 0.1) is 0 Å². The normalized spacial score (nSPS) is 34.8. The Kier molecular flexibility index (Phi) is 4.48. The summed E-state index contributed by atoms with van der Waals surface area (Å²) in [5.41, 5.74) is 0.673. The van der Waals surface area contributed by atoms with Gasteiger partial charge in [-0.15, -0.1) is 0 Å². The molecule has 100 valence electrons. The fourth-order valence-corrected chi connectivity index (χ4v) is 3.83. The average Bonchev–Trinajstić information content (AvgIpc) is 2.40. The molecule has 2 nitrogen and oxygen atoms in total. The Bertz CT molecular complexity index is 225. The second kappa shape index (κ2) is 5.71. The number of piperidine rings is 2. The number of nitrogens with one attached hydrogen (secondary N) is 1. The van der Waals surface area contributed by atoms with E-state index in [1.165, 1.54) is 58.3 Å². The monoisotopic (exact) mass is 238 g/mol. The Morgan fingerprint density at radius 1 is 1.18 bits per heavy atom. The number of hydrogen-bond acceptors (Lipinski definition) is 2. The van der Waals surface area contributed by atoms with Crippen LogP contribution in [0.5, 0.6) is 0 Å². The average molecular weight is 238 g/mol. The molecule has 0 radical (unpaired) electrons. The molecule has 2 aliphatic rings. The van der Waals surface area contributed by atoms with E-state index in [1.807, 2.05) is 0 Å². The SMILES string of the molecule is CCC1(CC)CCN(C2CCNCC2C)CC1. The molecular weight excluding hydrogens is 208 g/mol. The van der Waals surface area contributed by atoms with Crippen molar-refractivity contribution < 1.29 is 0 Å². The maximum absolute atomic E-state index is 3.52. The Morgan fingerprint density at radius 3 is 2.35 bits per heavy atom. The zero-order chi connectivity index (χ0) is 12.3. The van der Waals surface area contributed by atoms with Crippen LogP contribution in [0.3, 0.4) is 0 Å². The lowest BCUT2D eigenvalue weighted by molar-refractivity contribution is 0.0373. The van der Waals surface area contributed by atoms with Gasteiger partial charge in [0.15, 0.2) is 0 Å². The van der Waals surface area contributed by atoms with E-state index in [9.17, 15) is 0 Å². The largest absolute Gasteiger partial charge is 0.316 e. The molecular formula is C15H30N2. The minimum Gasteiger partial charge on any atom is -0.316 e. The number of nitrogens with zero attached hydrogens (tertiary/aromatic N) is 1. The molecule has 0 aromatic heterocycles. The number of rotatable bonds is 3. The molecule has 2 fully saturated rings. The number of likely N-dealkylation sites (tertiary alicyclic amines) is 1. The Morgan fingerprint density at radius 2 is 1.82 bits per heavy atom. The van der Waals surface area contributed by atoms with Crippen molar-refractivity contribution in [3.63, 3.8) is 0 Å². The molecule has 2 rings (SSSR count). The summed E-state index contributed by atoms with van der Waals surface area (Å²) in [6, 6.07) is 0.850. The van der Waals surface area contributed by atoms with Crippen molar-refractivity contribution in [1.29, 1.82) is 0 Å². The van der Waals surface area contributed by atoms with Crippen molar-refractivity contribution in [2.24, 2.45) is 11.3 Å². The van der Waals surface area contributed by atoms with Gasteiger partial charge in [0, 0.05) is 6.04 Å². The van der Waals surface area contributed by atoms with Crippen LogP contribution in [0.15, 0.2) is 0 Å². The molecule has 0 aromatic rings. The van der Waals surface area contributed by atoms with Crippen molar-refractivity contribution in [1.82, 2.24) is 10.2 Å². The molecule has 0 amide bonds. The molecule has 0 aliphatic carbocycles. The van der Waals surface area contributed by atoms with Crippen LogP contribution in [0.1, 0.15) is 52.9 Å². The molecule has 2 heterocycles. The summed E-state index contributed by atoms with van der Waals surface area (Å²) >= 11 is 0. The summed E-state index contributed by atoms with van der Waals surface area (Å²) in [5, 5.41) is 3.52. The van der Waals surface area contributed by atoms with E-state index in [1.54, 1.807) is 0 Å². The maximum atomic E-state index is 3.52. The molecule has 2 atom stereocenters. The summed E-state index contributed by atoms with van der Waals surface area (Å²) < 4.78 is 0. The van der Waals surface area contributed by atoms with E-state index in [4.69, 9.17) is 0 Å². The summed E-state index contributed by atoms with van der Waals surface area (Å²) in [5.74, 6) is 0.833. The van der Waals surface area contributed by atoms with Gasteiger partial charge in [-0.2, -0.15) is 0 Å². The van der Waals surface area contributed by atoms with E-state index < -0.39 is 0 Å². The maximum Gasteiger partial charge on any atom is 0.0145 e. The van der Waals surface area contributed by atoms with Crippen LogP contribution >= 0.6 is 0 Å². The minimum atomic E-state index is 0.673. The predicted octanol–water partition coefficient (Wildman–Crippen LogP) is 2.89. The highest BCUT2D eigenvalue weighted by atomic mass is 15.2. The standard InChI is InChI=1S/C15H30N2/c1-4-15(5-2)7-10-17(11-8-15)14-6-9-16-12-13(14)3/h13-14,16H,4-12H2,1-3H3. The van der Waals surface area contributed by atoms with Gasteiger partial charge in [-0.05, 0) is 56.8 Å². The smallest absolute Gasteiger partial charge is 0.0145 e. The van der Waals surface area contributed by atoms with Crippen molar-refractivity contribution in [3.05, 3.63) is 0 Å². The molecule has 17 heavy (non-hydrogen) atoms. The van der Waals surface area contributed by atoms with Gasteiger partial charge in [0.1, 0.15) is 0 Å². The van der Waals surface area contributed by atoms with Crippen LogP contribution < -0.4 is 5.32 Å². The van der Waals surface area contributed by atoms with Crippen LogP contribution in [0.25, 0.3) is 0 Å². The summed E-state index contributed by atoms with van der Waals surface area (Å²) in [6.45, 7) is 12.3. The fourth-order valence-electron chi connectivity index (χ4n) is 3.83. The van der Waals surface area contributed by atoms with E-state index in [-0.39, 0.29) is 0 Å². The molecule has 2 heteroatoms. The molecule has 2 saturated heterocycles. The fraction of sp³-hybridized carbons (Fsp3) is 1.00. The van der Waals surface area contributed by atoms with E-state index in [0.717, 1.165) is 12.0 Å². The van der Waals surface area contributed by atoms with Gasteiger partial charge in [-0.1, -0.05) is 33.6 Å². The highest BCUT2D eigenvalue weighted by Gasteiger charge is 2.35. The number of hydrogen-bond donors (Lipinski definition) is 1. The van der Waals surface area contributed by atoms with Crippen LogP contribution in [-0.2, 0) is 0 Å². The lowest BCUT2D eigenvalue weighted by Crippen LogP contribution is -2.52. The van der Waals surface area contributed by atoms with Gasteiger partial charge >= 0.3 is 0 Å². The van der Waals surface area contributed by atoms with Gasteiger partial charge in [-0.3, -0.25) is 4.90 Å². The third-order valence-electron chi connectivity index (χ3n) is 5.57. The van der Waals surface area contributed by atoms with Crippen molar-refractivity contribution in [3.8, 4) is 0 Å². The molecule has 1 N–H and O–H groups in total. The Balaban J connectivity index is 1.89. The minimum absolute atomic E-state index is 0.673. The first-order valence-electron chi connectivity index (χ1n) is 7.65. The van der Waals surface area contributed by atoms with E-state index in [0.29, 0.717) is 5.41 Å². The topological polar surface area (TPSA) is 15.3 Å². The van der Waals surface area contributed by atoms with Gasteiger partial charge in [0.25, 0.3) is 0 Å². The zero-order valence-electron chi connectivity index (χ0n) is 12.0. The molecule has 0 spiro atoms. The molecule has 2 aliphatic heterocycles. The lowest BCUT2D eigenvalue weighted by atomic mass is 9.73. The highest BCUT2D eigenvalue weighted by molar-refractivity contribution is 4.90. The van der Waals surface area contributed by atoms with Crippen LogP contribution in [0.2, 0.25) is 0 Å². The molecule has 0 aromatic carbocycles. The third-order valence-corrected chi connectivity index (χ3v) is 5.57. The van der Waals surface area contributed by atoms with E-state index >= 15 is 0 Å². The second-order valence-electron chi connectivity index (χ2n) is 6.28. The van der Waals surface area contributed by atoms with Crippen molar-refractivity contribution in [2.45, 2.75) is 58.9 Å². The summed E-state index contributed by atoms with van der Waals surface area (Å²) in [4.78, 5) is 2.79. The first kappa shape index (κ1) is 13.4. The quantitative estimate of drug-likeness (QED) is 0.813. The van der Waals surface area contributed by atoms with Gasteiger partial charge in [-0.25, -0.2) is 0 Å². The lowest BCUT2D eigenvalue weighted by Gasteiger charge is -2.46. The third kappa shape index (κ3) is 2.85. The predicted molar refractivity (Wildman–Crippen MR) is 74.3 cm³/mol. The Labute approximate surface area is 107 Å². The Hall–Kier alpha value is -0.0800. The zero-order valence-corrected chi connectivity index (χ0v) is 12.0. The van der Waals surface area contributed by atoms with Crippen LogP contribution in [0.4, 0.5) is 0 Å². The van der Waals surface area contributed by atoms with Crippen molar-refractivity contribution in [2.75, 3.05) is 26.2 Å². The first-order chi connectivity index (χ1) is 8.21. The molecule has 2 unspecified atom stereocenters. The summed E-state index contributed by atoms with van der Waals surface area (Å²) in [6.07, 6.45) is 6.96. The molecule has 0 bridgehead atoms. The van der Waals surface area contributed by atoms with E-state index in [2.05, 4.69) is 31.0 Å². The summed E-state index contributed by atoms with van der Waals surface area (Å²) in [7, 11) is 0. The van der Waals surface area contributed by atoms with Gasteiger partial charge < -0.3 is 5.32 Å². The van der Waals surface area contributed by atoms with Crippen LogP contribution in [0, 0.1) is 11.3 Å². The highest BCUT2D eigenvalue weighted by Crippen LogP contribution is 2.39. The second-order valence-corrected chi connectivity index (χ2v) is 6.28. The van der Waals surface area contributed by atoms with Crippen molar-refractivity contribution >= 4 is 0 Å². The van der Waals surface area contributed by atoms with Gasteiger partial charge in [0.2, 0.25) is 0 Å². The molecule has 0 saturated carbocycles. The first-order valence-corrected chi connectivity index (χ1v) is 7.65. The van der Waals surface area contributed by atoms with Crippen LogP contribution in [-0.4, -0.2) is 37.1 Å².